The van der Waals surface area contributed by atoms with Crippen molar-refractivity contribution in [3.63, 3.8) is 0 Å². The molecule has 6 rings (SSSR count). The highest BCUT2D eigenvalue weighted by Gasteiger charge is 2.28. The van der Waals surface area contributed by atoms with E-state index in [9.17, 15) is 0 Å². The molecule has 2 fully saturated rings. The summed E-state index contributed by atoms with van der Waals surface area (Å²) < 4.78 is 16.6. The first-order valence-electron chi connectivity index (χ1n) is 14.8. The first kappa shape index (κ1) is 29.9. The number of nitrogen functional groups attached to an aromatic ring is 1. The Hall–Kier alpha value is -4.20. The fourth-order valence-electron chi connectivity index (χ4n) is 5.86. The van der Waals surface area contributed by atoms with Crippen LogP contribution in [0.1, 0.15) is 12.8 Å². The molecule has 0 radical (unpaired) electrons. The summed E-state index contributed by atoms with van der Waals surface area (Å²) in [7, 11) is 7.08. The molecule has 2 aliphatic heterocycles. The zero-order valence-electron chi connectivity index (χ0n) is 25.6. The number of benzene rings is 2. The Morgan fingerprint density at radius 3 is 2.30 bits per heavy atom. The lowest BCUT2D eigenvalue weighted by atomic mass is 10.0. The van der Waals surface area contributed by atoms with Crippen molar-refractivity contribution >= 4 is 34.3 Å². The number of rotatable bonds is 9. The van der Waals surface area contributed by atoms with E-state index < -0.39 is 0 Å². The van der Waals surface area contributed by atoms with Gasteiger partial charge in [-0.2, -0.15) is 0 Å². The van der Waals surface area contributed by atoms with E-state index in [1.807, 2.05) is 36.4 Å². The molecule has 13 heteroatoms. The SMILES string of the molecule is COc1cc(N2CCC(N3CCN(C)CC3)CC2)c(N)cc1Nc1nccc(-c2nnc(-c3ccc(OC)c(OC)c3)s2)n1. The summed E-state index contributed by atoms with van der Waals surface area (Å²) in [6, 6.07) is 12.0. The lowest BCUT2D eigenvalue weighted by Gasteiger charge is -2.42. The average molecular weight is 618 g/mol. The first-order chi connectivity index (χ1) is 21.4. The van der Waals surface area contributed by atoms with E-state index in [1.165, 1.54) is 11.3 Å². The van der Waals surface area contributed by atoms with Gasteiger partial charge in [0.2, 0.25) is 5.95 Å². The number of ether oxygens (including phenoxy) is 3. The maximum Gasteiger partial charge on any atom is 0.227 e. The minimum Gasteiger partial charge on any atom is -0.494 e. The minimum absolute atomic E-state index is 0.406. The van der Waals surface area contributed by atoms with Crippen molar-refractivity contribution in [2.45, 2.75) is 18.9 Å². The molecule has 0 spiro atoms. The van der Waals surface area contributed by atoms with Crippen molar-refractivity contribution < 1.29 is 14.2 Å². The third kappa shape index (κ3) is 6.35. The Morgan fingerprint density at radius 1 is 0.841 bits per heavy atom. The third-order valence-corrected chi connectivity index (χ3v) is 9.38. The monoisotopic (exact) mass is 617 g/mol. The molecule has 2 saturated heterocycles. The third-order valence-electron chi connectivity index (χ3n) is 8.38. The fraction of sp³-hybridized carbons (Fsp3) is 0.419. The molecular formula is C31H39N9O3S. The summed E-state index contributed by atoms with van der Waals surface area (Å²) >= 11 is 1.43. The Bertz CT molecular complexity index is 1580. The summed E-state index contributed by atoms with van der Waals surface area (Å²) in [5.74, 6) is 2.37. The zero-order valence-corrected chi connectivity index (χ0v) is 26.4. The molecule has 0 atom stereocenters. The van der Waals surface area contributed by atoms with E-state index in [-0.39, 0.29) is 0 Å². The van der Waals surface area contributed by atoms with Crippen molar-refractivity contribution in [3.8, 4) is 38.5 Å². The van der Waals surface area contributed by atoms with Gasteiger partial charge in [0.15, 0.2) is 16.5 Å². The molecule has 2 aromatic heterocycles. The predicted octanol–water partition coefficient (Wildman–Crippen LogP) is 4.23. The van der Waals surface area contributed by atoms with Crippen molar-refractivity contribution in [3.05, 3.63) is 42.6 Å². The molecule has 0 unspecified atom stereocenters. The number of anilines is 4. The van der Waals surface area contributed by atoms with Gasteiger partial charge in [0.05, 0.1) is 38.4 Å². The van der Waals surface area contributed by atoms with Gasteiger partial charge in [-0.15, -0.1) is 10.2 Å². The van der Waals surface area contributed by atoms with Crippen LogP contribution < -0.4 is 30.2 Å². The normalized spacial score (nSPS) is 16.6. The summed E-state index contributed by atoms with van der Waals surface area (Å²) in [5.41, 5.74) is 10.5. The topological polar surface area (TPSA) is 127 Å². The van der Waals surface area contributed by atoms with Crippen LogP contribution in [0.4, 0.5) is 23.0 Å². The molecule has 4 heterocycles. The molecule has 0 aliphatic carbocycles. The number of nitrogens with one attached hydrogen (secondary N) is 1. The smallest absolute Gasteiger partial charge is 0.227 e. The van der Waals surface area contributed by atoms with E-state index in [0.29, 0.717) is 51.3 Å². The maximum absolute atomic E-state index is 6.61. The Morgan fingerprint density at radius 2 is 1.57 bits per heavy atom. The second kappa shape index (κ2) is 13.2. The van der Waals surface area contributed by atoms with Gasteiger partial charge >= 0.3 is 0 Å². The van der Waals surface area contributed by atoms with Crippen LogP contribution in [0.2, 0.25) is 0 Å². The summed E-state index contributed by atoms with van der Waals surface area (Å²) in [6.45, 7) is 6.53. The summed E-state index contributed by atoms with van der Waals surface area (Å²) in [5, 5.41) is 13.5. The number of nitrogens with two attached hydrogens (primary N) is 1. The van der Waals surface area contributed by atoms with E-state index >= 15 is 0 Å². The molecule has 4 aromatic rings. The van der Waals surface area contributed by atoms with Crippen LogP contribution in [0.25, 0.3) is 21.3 Å². The van der Waals surface area contributed by atoms with E-state index in [1.54, 1.807) is 27.5 Å². The van der Waals surface area contributed by atoms with Crippen LogP contribution in [-0.4, -0.2) is 104 Å². The minimum atomic E-state index is 0.406. The number of piperidine rings is 1. The van der Waals surface area contributed by atoms with Crippen LogP contribution in [0.15, 0.2) is 42.6 Å². The number of methoxy groups -OCH3 is 3. The summed E-state index contributed by atoms with van der Waals surface area (Å²) in [6.07, 6.45) is 3.95. The lowest BCUT2D eigenvalue weighted by molar-refractivity contribution is 0.0982. The highest BCUT2D eigenvalue weighted by molar-refractivity contribution is 7.17. The van der Waals surface area contributed by atoms with Gasteiger partial charge in [0.25, 0.3) is 0 Å². The Kier molecular flexibility index (Phi) is 8.96. The number of hydrogen-bond donors (Lipinski definition) is 2. The van der Waals surface area contributed by atoms with E-state index in [2.05, 4.69) is 42.2 Å². The number of piperazine rings is 1. The van der Waals surface area contributed by atoms with Gasteiger partial charge in [0, 0.05) is 63.1 Å². The van der Waals surface area contributed by atoms with Gasteiger partial charge in [-0.1, -0.05) is 11.3 Å². The Labute approximate surface area is 261 Å². The summed E-state index contributed by atoms with van der Waals surface area (Å²) in [4.78, 5) is 16.6. The highest BCUT2D eigenvalue weighted by atomic mass is 32.1. The van der Waals surface area contributed by atoms with Crippen LogP contribution in [0, 0.1) is 0 Å². The van der Waals surface area contributed by atoms with Crippen LogP contribution >= 0.6 is 11.3 Å². The Balaban J connectivity index is 1.15. The van der Waals surface area contributed by atoms with E-state index in [0.717, 1.165) is 68.4 Å². The number of hydrogen-bond acceptors (Lipinski definition) is 13. The molecule has 3 N–H and O–H groups in total. The largest absolute Gasteiger partial charge is 0.494 e. The van der Waals surface area contributed by atoms with Crippen molar-refractivity contribution in [1.82, 2.24) is 30.0 Å². The second-order valence-corrected chi connectivity index (χ2v) is 12.0. The molecule has 44 heavy (non-hydrogen) atoms. The quantitative estimate of drug-likeness (QED) is 0.261. The fourth-order valence-corrected chi connectivity index (χ4v) is 6.67. The predicted molar refractivity (Wildman–Crippen MR) is 174 cm³/mol. The van der Waals surface area contributed by atoms with Crippen LogP contribution in [-0.2, 0) is 0 Å². The van der Waals surface area contributed by atoms with Crippen LogP contribution in [0.5, 0.6) is 17.2 Å². The van der Waals surface area contributed by atoms with E-state index in [4.69, 9.17) is 24.9 Å². The highest BCUT2D eigenvalue weighted by Crippen LogP contribution is 2.39. The van der Waals surface area contributed by atoms with Gasteiger partial charge in [-0.3, -0.25) is 4.90 Å². The number of likely N-dealkylation sites (N-methyl/N-ethyl adjacent to an activating group) is 1. The van der Waals surface area contributed by atoms with Gasteiger partial charge in [0.1, 0.15) is 16.5 Å². The zero-order chi connectivity index (χ0) is 30.6. The molecule has 232 valence electrons. The number of nitrogens with zero attached hydrogens (tertiary/aromatic N) is 7. The lowest BCUT2D eigenvalue weighted by Crippen LogP contribution is -2.52. The van der Waals surface area contributed by atoms with Crippen LogP contribution in [0.3, 0.4) is 0 Å². The molecule has 0 amide bonds. The molecule has 2 aliphatic rings. The first-order valence-corrected chi connectivity index (χ1v) is 15.6. The van der Waals surface area contributed by atoms with Crippen molar-refractivity contribution in [2.75, 3.05) is 83.6 Å². The van der Waals surface area contributed by atoms with Gasteiger partial charge < -0.3 is 35.1 Å². The van der Waals surface area contributed by atoms with Gasteiger partial charge in [-0.05, 0) is 50.2 Å². The molecular weight excluding hydrogens is 578 g/mol. The molecule has 2 aromatic carbocycles. The van der Waals surface area contributed by atoms with Gasteiger partial charge in [-0.25, -0.2) is 9.97 Å². The average Bonchev–Trinajstić information content (AvgIpc) is 3.56. The molecule has 12 nitrogen and oxygen atoms in total. The van der Waals surface area contributed by atoms with Crippen molar-refractivity contribution in [2.24, 2.45) is 0 Å². The van der Waals surface area contributed by atoms with Crippen molar-refractivity contribution in [1.29, 1.82) is 0 Å². The number of aromatic nitrogens is 4. The molecule has 0 bridgehead atoms. The molecule has 0 saturated carbocycles. The standard InChI is InChI=1S/C31H39N9O3S/c1-38-13-15-39(16-14-38)21-8-11-40(12-9-21)25-19-27(42-3)24(18-22(25)32)35-31-33-10-7-23(34-31)30-37-36-29(44-30)20-5-6-26(41-2)28(17-20)43-4/h5-7,10,17-19,21H,8-9,11-16,32H2,1-4H3,(H,33,34,35). The maximum atomic E-state index is 6.61. The second-order valence-electron chi connectivity index (χ2n) is 11.0.